The molecule has 7 heteroatoms. The first kappa shape index (κ1) is 18.9. The third-order valence-corrected chi connectivity index (χ3v) is 8.28. The third kappa shape index (κ3) is 6.24. The highest BCUT2D eigenvalue weighted by Gasteiger charge is 2.34. The summed E-state index contributed by atoms with van der Waals surface area (Å²) in [7, 11) is -6.01. The maximum atomic E-state index is 12.2. The molecule has 0 amide bonds. The Kier molecular flexibility index (Phi) is 7.64. The maximum absolute atomic E-state index is 12.2. The lowest BCUT2D eigenvalue weighted by molar-refractivity contribution is 0.414. The van der Waals surface area contributed by atoms with Crippen LogP contribution < -0.4 is 5.32 Å². The predicted molar refractivity (Wildman–Crippen MR) is 87.1 cm³/mol. The highest BCUT2D eigenvalue weighted by Crippen LogP contribution is 2.24. The van der Waals surface area contributed by atoms with Crippen molar-refractivity contribution in [2.24, 2.45) is 0 Å². The molecule has 1 saturated heterocycles. The summed E-state index contributed by atoms with van der Waals surface area (Å²) < 4.78 is 47.6. The van der Waals surface area contributed by atoms with E-state index in [9.17, 15) is 16.8 Å². The highest BCUT2D eigenvalue weighted by molar-refractivity contribution is 7.92. The van der Waals surface area contributed by atoms with Gasteiger partial charge in [-0.1, -0.05) is 20.3 Å². The van der Waals surface area contributed by atoms with E-state index in [2.05, 4.69) is 5.32 Å². The summed E-state index contributed by atoms with van der Waals surface area (Å²) in [6.45, 7) is 4.46. The molecular formula is C14H29NO4S2. The average molecular weight is 340 g/mol. The molecule has 0 aromatic rings. The first-order chi connectivity index (χ1) is 9.82. The highest BCUT2D eigenvalue weighted by atomic mass is 32.2. The Morgan fingerprint density at radius 3 is 2.52 bits per heavy atom. The van der Waals surface area contributed by atoms with E-state index < -0.39 is 19.7 Å². The van der Waals surface area contributed by atoms with Crippen molar-refractivity contribution in [3.8, 4) is 0 Å². The molecule has 0 radical (unpaired) electrons. The molecule has 0 aromatic heterocycles. The number of nitrogens with one attached hydrogen (secondary N) is 1. The Labute approximate surface area is 129 Å². The first-order valence-corrected chi connectivity index (χ1v) is 11.5. The molecule has 2 unspecified atom stereocenters. The number of sulfone groups is 2. The van der Waals surface area contributed by atoms with Crippen LogP contribution in [0.15, 0.2) is 0 Å². The normalized spacial score (nSPS) is 23.8. The van der Waals surface area contributed by atoms with Crippen LogP contribution >= 0.6 is 0 Å². The number of rotatable bonds is 9. The molecule has 0 aromatic carbocycles. The van der Waals surface area contributed by atoms with E-state index in [0.717, 1.165) is 25.8 Å². The van der Waals surface area contributed by atoms with Gasteiger partial charge in [0.05, 0.1) is 16.8 Å². The summed E-state index contributed by atoms with van der Waals surface area (Å²) in [6, 6.07) is -0.109. The van der Waals surface area contributed by atoms with Crippen LogP contribution in [0.4, 0.5) is 0 Å². The molecule has 0 aliphatic carbocycles. The van der Waals surface area contributed by atoms with Gasteiger partial charge in [0.1, 0.15) is 9.84 Å². The van der Waals surface area contributed by atoms with Crippen LogP contribution in [0, 0.1) is 0 Å². The minimum atomic E-state index is -3.04. The fourth-order valence-corrected chi connectivity index (χ4v) is 5.91. The summed E-state index contributed by atoms with van der Waals surface area (Å²) in [4.78, 5) is 0. The van der Waals surface area contributed by atoms with Gasteiger partial charge in [-0.3, -0.25) is 0 Å². The average Bonchev–Trinajstić information content (AvgIpc) is 2.42. The molecule has 1 rings (SSSR count). The molecule has 5 nitrogen and oxygen atoms in total. The summed E-state index contributed by atoms with van der Waals surface area (Å²) in [6.07, 6.45) is 4.48. The molecule has 1 heterocycles. The summed E-state index contributed by atoms with van der Waals surface area (Å²) >= 11 is 0. The molecular weight excluding hydrogens is 310 g/mol. The van der Waals surface area contributed by atoms with Crippen LogP contribution in [0.5, 0.6) is 0 Å². The second kappa shape index (κ2) is 8.48. The second-order valence-electron chi connectivity index (χ2n) is 5.84. The minimum absolute atomic E-state index is 0.109. The van der Waals surface area contributed by atoms with Crippen molar-refractivity contribution in [2.45, 2.75) is 63.7 Å². The SMILES string of the molecule is CCCNC(CCCS(=O)(=O)CC)C1CCCCS1(=O)=O. The monoisotopic (exact) mass is 339 g/mol. The Morgan fingerprint density at radius 2 is 1.95 bits per heavy atom. The lowest BCUT2D eigenvalue weighted by Crippen LogP contribution is -2.47. The van der Waals surface area contributed by atoms with Crippen molar-refractivity contribution in [3.63, 3.8) is 0 Å². The second-order valence-corrected chi connectivity index (χ2v) is 10.7. The first-order valence-electron chi connectivity index (χ1n) is 7.97. The molecule has 2 atom stereocenters. The number of hydrogen-bond acceptors (Lipinski definition) is 5. The van der Waals surface area contributed by atoms with Gasteiger partial charge in [-0.25, -0.2) is 16.8 Å². The molecule has 1 aliphatic rings. The van der Waals surface area contributed by atoms with Crippen molar-refractivity contribution in [1.82, 2.24) is 5.32 Å². The lowest BCUT2D eigenvalue weighted by Gasteiger charge is -2.31. The zero-order chi connectivity index (χ0) is 15.9. The van der Waals surface area contributed by atoms with Crippen LogP contribution in [0.3, 0.4) is 0 Å². The lowest BCUT2D eigenvalue weighted by atomic mass is 10.0. The van der Waals surface area contributed by atoms with Gasteiger partial charge >= 0.3 is 0 Å². The smallest absolute Gasteiger partial charge is 0.154 e. The van der Waals surface area contributed by atoms with E-state index in [1.54, 1.807) is 6.92 Å². The Hall–Kier alpha value is -0.140. The van der Waals surface area contributed by atoms with Crippen LogP contribution in [0.2, 0.25) is 0 Å². The molecule has 0 bridgehead atoms. The molecule has 1 fully saturated rings. The van der Waals surface area contributed by atoms with Gasteiger partial charge in [0.15, 0.2) is 9.84 Å². The van der Waals surface area contributed by atoms with Gasteiger partial charge in [-0.05, 0) is 38.6 Å². The quantitative estimate of drug-likeness (QED) is 0.689. The molecule has 21 heavy (non-hydrogen) atoms. The third-order valence-electron chi connectivity index (χ3n) is 4.14. The topological polar surface area (TPSA) is 80.3 Å². The molecule has 0 saturated carbocycles. The van der Waals surface area contributed by atoms with Gasteiger partial charge in [0, 0.05) is 11.8 Å². The Morgan fingerprint density at radius 1 is 1.24 bits per heavy atom. The fraction of sp³-hybridized carbons (Fsp3) is 1.00. The van der Waals surface area contributed by atoms with E-state index in [0.29, 0.717) is 19.3 Å². The molecule has 126 valence electrons. The standard InChI is InChI=1S/C14H29NO4S2/c1-3-10-15-13(8-7-11-20(16,17)4-2)14-9-5-6-12-21(14,18)19/h13-15H,3-12H2,1-2H3. The van der Waals surface area contributed by atoms with Crippen molar-refractivity contribution in [1.29, 1.82) is 0 Å². The fourth-order valence-electron chi connectivity index (χ4n) is 2.85. The summed E-state index contributed by atoms with van der Waals surface area (Å²) in [5.74, 6) is 0.581. The van der Waals surface area contributed by atoms with Gasteiger partial charge in [-0.2, -0.15) is 0 Å². The van der Waals surface area contributed by atoms with Crippen molar-refractivity contribution in [3.05, 3.63) is 0 Å². The molecule has 1 aliphatic heterocycles. The minimum Gasteiger partial charge on any atom is -0.313 e. The van der Waals surface area contributed by atoms with Crippen LogP contribution in [-0.2, 0) is 19.7 Å². The van der Waals surface area contributed by atoms with Crippen molar-refractivity contribution < 1.29 is 16.8 Å². The van der Waals surface area contributed by atoms with Crippen LogP contribution in [0.1, 0.15) is 52.4 Å². The van der Waals surface area contributed by atoms with Gasteiger partial charge in [-0.15, -0.1) is 0 Å². The van der Waals surface area contributed by atoms with Gasteiger partial charge < -0.3 is 5.32 Å². The van der Waals surface area contributed by atoms with Crippen LogP contribution in [-0.4, -0.2) is 51.9 Å². The zero-order valence-corrected chi connectivity index (χ0v) is 14.8. The molecule has 0 spiro atoms. The number of hydrogen-bond donors (Lipinski definition) is 1. The van der Waals surface area contributed by atoms with E-state index in [4.69, 9.17) is 0 Å². The Bertz CT molecular complexity index is 499. The Balaban J connectivity index is 2.66. The van der Waals surface area contributed by atoms with Crippen molar-refractivity contribution >= 4 is 19.7 Å². The molecule has 1 N–H and O–H groups in total. The summed E-state index contributed by atoms with van der Waals surface area (Å²) in [5.41, 5.74) is 0. The predicted octanol–water partition coefficient (Wildman–Crippen LogP) is 1.54. The van der Waals surface area contributed by atoms with E-state index in [1.807, 2.05) is 6.92 Å². The van der Waals surface area contributed by atoms with E-state index in [-0.39, 0.29) is 28.6 Å². The van der Waals surface area contributed by atoms with Gasteiger partial charge in [0.25, 0.3) is 0 Å². The maximum Gasteiger partial charge on any atom is 0.154 e. The van der Waals surface area contributed by atoms with Crippen molar-refractivity contribution in [2.75, 3.05) is 23.8 Å². The van der Waals surface area contributed by atoms with E-state index >= 15 is 0 Å². The summed E-state index contributed by atoms with van der Waals surface area (Å²) in [5, 5.41) is 2.98. The van der Waals surface area contributed by atoms with Gasteiger partial charge in [0.2, 0.25) is 0 Å². The zero-order valence-electron chi connectivity index (χ0n) is 13.2. The largest absolute Gasteiger partial charge is 0.313 e. The van der Waals surface area contributed by atoms with Crippen LogP contribution in [0.25, 0.3) is 0 Å². The van der Waals surface area contributed by atoms with E-state index in [1.165, 1.54) is 0 Å².